The number of nitrogens with zero attached hydrogens (tertiary/aromatic N) is 1. The van der Waals surface area contributed by atoms with Gasteiger partial charge in [-0.25, -0.2) is 4.98 Å². The van der Waals surface area contributed by atoms with E-state index in [1.807, 2.05) is 11.3 Å². The topological polar surface area (TPSA) is 34.1 Å². The number of thiazole rings is 1. The summed E-state index contributed by atoms with van der Waals surface area (Å²) in [6, 6.07) is 0.510. The Kier molecular flexibility index (Phi) is 5.58. The van der Waals surface area contributed by atoms with Gasteiger partial charge in [-0.1, -0.05) is 33.1 Å². The lowest BCUT2D eigenvalue weighted by Gasteiger charge is -2.35. The molecular weight excluding hydrogens is 268 g/mol. The van der Waals surface area contributed by atoms with Gasteiger partial charge in [-0.2, -0.15) is 0 Å². The molecule has 1 aromatic heterocycles. The minimum Gasteiger partial charge on any atom is -0.368 e. The fraction of sp³-hybridized carbons (Fsp3) is 0.812. The van der Waals surface area contributed by atoms with E-state index in [9.17, 15) is 0 Å². The van der Waals surface area contributed by atoms with Crippen LogP contribution in [0.4, 0.5) is 0 Å². The van der Waals surface area contributed by atoms with Gasteiger partial charge in [0, 0.05) is 24.1 Å². The lowest BCUT2D eigenvalue weighted by Crippen LogP contribution is -2.32. The van der Waals surface area contributed by atoms with Crippen molar-refractivity contribution in [3.8, 4) is 0 Å². The molecule has 3 nitrogen and oxygen atoms in total. The highest BCUT2D eigenvalue weighted by Gasteiger charge is 2.37. The van der Waals surface area contributed by atoms with Crippen molar-refractivity contribution in [3.63, 3.8) is 0 Å². The molecule has 0 saturated heterocycles. The molecule has 1 aromatic rings. The molecular formula is C16H28N2OS. The maximum atomic E-state index is 6.18. The maximum absolute atomic E-state index is 6.18. The normalized spacial score (nSPS) is 18.6. The Hall–Kier alpha value is -0.450. The second-order valence-electron chi connectivity index (χ2n) is 6.05. The standard InChI is InChI=1S/C16H28N2OS/c1-5-19-16(9-7-6-8-10-16)15-18-13(4)14(20-15)11-17-12(2)3/h12,17H,5-11H2,1-4H3. The Bertz CT molecular complexity index is 417. The fourth-order valence-electron chi connectivity index (χ4n) is 2.90. The molecule has 1 heterocycles. The van der Waals surface area contributed by atoms with Gasteiger partial charge < -0.3 is 10.1 Å². The van der Waals surface area contributed by atoms with Crippen LogP contribution in [0.2, 0.25) is 0 Å². The van der Waals surface area contributed by atoms with Crippen LogP contribution >= 0.6 is 11.3 Å². The predicted molar refractivity (Wildman–Crippen MR) is 85.2 cm³/mol. The van der Waals surface area contributed by atoms with E-state index in [2.05, 4.69) is 33.0 Å². The van der Waals surface area contributed by atoms with Crippen LogP contribution in [0.3, 0.4) is 0 Å². The van der Waals surface area contributed by atoms with Crippen LogP contribution < -0.4 is 5.32 Å². The molecule has 1 aliphatic rings. The van der Waals surface area contributed by atoms with E-state index in [-0.39, 0.29) is 5.60 Å². The zero-order chi connectivity index (χ0) is 14.6. The molecule has 1 saturated carbocycles. The van der Waals surface area contributed by atoms with Gasteiger partial charge in [0.15, 0.2) is 0 Å². The average molecular weight is 296 g/mol. The average Bonchev–Trinajstić information content (AvgIpc) is 2.80. The second kappa shape index (κ2) is 7.01. The number of aromatic nitrogens is 1. The lowest BCUT2D eigenvalue weighted by molar-refractivity contribution is -0.0705. The molecule has 0 atom stereocenters. The van der Waals surface area contributed by atoms with Gasteiger partial charge in [0.1, 0.15) is 10.6 Å². The van der Waals surface area contributed by atoms with Crippen molar-refractivity contribution in [2.75, 3.05) is 6.61 Å². The van der Waals surface area contributed by atoms with E-state index in [4.69, 9.17) is 9.72 Å². The predicted octanol–water partition coefficient (Wildman–Crippen LogP) is 4.15. The van der Waals surface area contributed by atoms with Crippen LogP contribution in [0.1, 0.15) is 68.5 Å². The van der Waals surface area contributed by atoms with E-state index in [0.717, 1.165) is 26.0 Å². The summed E-state index contributed by atoms with van der Waals surface area (Å²) in [5, 5.41) is 4.70. The molecule has 0 bridgehead atoms. The Morgan fingerprint density at radius 3 is 2.60 bits per heavy atom. The van der Waals surface area contributed by atoms with Crippen molar-refractivity contribution in [2.45, 2.75) is 78.0 Å². The molecule has 1 fully saturated rings. The van der Waals surface area contributed by atoms with Crippen molar-refractivity contribution >= 4 is 11.3 Å². The Labute approximate surface area is 127 Å². The molecule has 0 spiro atoms. The van der Waals surface area contributed by atoms with Crippen LogP contribution in [-0.4, -0.2) is 17.6 Å². The van der Waals surface area contributed by atoms with Gasteiger partial charge in [-0.3, -0.25) is 0 Å². The SMILES string of the molecule is CCOC1(c2nc(C)c(CNC(C)C)s2)CCCCC1. The van der Waals surface area contributed by atoms with Gasteiger partial charge in [0.25, 0.3) is 0 Å². The third-order valence-corrected chi connectivity index (χ3v) is 5.38. The first-order chi connectivity index (χ1) is 9.57. The van der Waals surface area contributed by atoms with Crippen LogP contribution in [0, 0.1) is 6.92 Å². The number of rotatable bonds is 6. The van der Waals surface area contributed by atoms with Crippen LogP contribution in [0.25, 0.3) is 0 Å². The van der Waals surface area contributed by atoms with E-state index >= 15 is 0 Å². The Morgan fingerprint density at radius 2 is 2.00 bits per heavy atom. The molecule has 0 aliphatic heterocycles. The highest BCUT2D eigenvalue weighted by atomic mass is 32.1. The number of ether oxygens (including phenoxy) is 1. The summed E-state index contributed by atoms with van der Waals surface area (Å²) in [6.07, 6.45) is 6.12. The van der Waals surface area contributed by atoms with Gasteiger partial charge in [0.2, 0.25) is 0 Å². The van der Waals surface area contributed by atoms with Gasteiger partial charge in [-0.15, -0.1) is 11.3 Å². The maximum Gasteiger partial charge on any atom is 0.125 e. The zero-order valence-electron chi connectivity index (χ0n) is 13.3. The number of hydrogen-bond acceptors (Lipinski definition) is 4. The molecule has 20 heavy (non-hydrogen) atoms. The number of nitrogens with one attached hydrogen (secondary N) is 1. The zero-order valence-corrected chi connectivity index (χ0v) is 14.1. The molecule has 0 unspecified atom stereocenters. The summed E-state index contributed by atoms with van der Waals surface area (Å²) in [6.45, 7) is 10.3. The molecule has 1 aliphatic carbocycles. The first-order valence-corrected chi connectivity index (χ1v) is 8.73. The highest BCUT2D eigenvalue weighted by Crippen LogP contribution is 2.42. The minimum atomic E-state index is -0.0987. The highest BCUT2D eigenvalue weighted by molar-refractivity contribution is 7.11. The molecule has 0 amide bonds. The summed E-state index contributed by atoms with van der Waals surface area (Å²) < 4.78 is 6.18. The Morgan fingerprint density at radius 1 is 1.30 bits per heavy atom. The summed E-state index contributed by atoms with van der Waals surface area (Å²) in [5.74, 6) is 0. The lowest BCUT2D eigenvalue weighted by atomic mass is 9.85. The monoisotopic (exact) mass is 296 g/mol. The molecule has 1 N–H and O–H groups in total. The van der Waals surface area contributed by atoms with Crippen molar-refractivity contribution in [2.24, 2.45) is 0 Å². The minimum absolute atomic E-state index is 0.0987. The van der Waals surface area contributed by atoms with Gasteiger partial charge in [0.05, 0.1) is 5.69 Å². The Balaban J connectivity index is 2.19. The first-order valence-electron chi connectivity index (χ1n) is 7.91. The van der Waals surface area contributed by atoms with E-state index in [1.54, 1.807) is 0 Å². The van der Waals surface area contributed by atoms with Gasteiger partial charge >= 0.3 is 0 Å². The van der Waals surface area contributed by atoms with Crippen molar-refractivity contribution < 1.29 is 4.74 Å². The van der Waals surface area contributed by atoms with Crippen molar-refractivity contribution in [3.05, 3.63) is 15.6 Å². The molecule has 2 rings (SSSR count). The second-order valence-corrected chi connectivity index (χ2v) is 7.13. The number of aryl methyl sites for hydroxylation is 1. The third-order valence-electron chi connectivity index (χ3n) is 4.04. The summed E-state index contributed by atoms with van der Waals surface area (Å²) >= 11 is 1.85. The molecule has 0 radical (unpaired) electrons. The van der Waals surface area contributed by atoms with E-state index in [1.165, 1.54) is 34.8 Å². The smallest absolute Gasteiger partial charge is 0.125 e. The van der Waals surface area contributed by atoms with Crippen LogP contribution in [0.5, 0.6) is 0 Å². The molecule has 114 valence electrons. The van der Waals surface area contributed by atoms with Crippen LogP contribution in [-0.2, 0) is 16.9 Å². The summed E-state index contributed by atoms with van der Waals surface area (Å²) in [7, 11) is 0. The quantitative estimate of drug-likeness (QED) is 0.856. The van der Waals surface area contributed by atoms with Gasteiger partial charge in [-0.05, 0) is 26.7 Å². The largest absolute Gasteiger partial charge is 0.368 e. The van der Waals surface area contributed by atoms with Crippen molar-refractivity contribution in [1.82, 2.24) is 10.3 Å². The van der Waals surface area contributed by atoms with Crippen LogP contribution in [0.15, 0.2) is 0 Å². The van der Waals surface area contributed by atoms with Crippen molar-refractivity contribution in [1.29, 1.82) is 0 Å². The molecule has 0 aromatic carbocycles. The molecule has 4 heteroatoms. The summed E-state index contributed by atoms with van der Waals surface area (Å²) in [5.41, 5.74) is 1.07. The first kappa shape index (κ1) is 15.9. The fourth-order valence-corrected chi connectivity index (χ4v) is 4.12. The van der Waals surface area contributed by atoms with E-state index in [0.29, 0.717) is 6.04 Å². The van der Waals surface area contributed by atoms with E-state index < -0.39 is 0 Å². The third kappa shape index (κ3) is 3.60. The number of hydrogen-bond donors (Lipinski definition) is 1. The summed E-state index contributed by atoms with van der Waals surface area (Å²) in [4.78, 5) is 6.22.